The lowest BCUT2D eigenvalue weighted by Gasteiger charge is -2.67. The number of fused-ring (bicyclic) bond motifs is 3. The highest BCUT2D eigenvalue weighted by Crippen LogP contribution is 2.73. The summed E-state index contributed by atoms with van der Waals surface area (Å²) in [6, 6.07) is -0.792. The summed E-state index contributed by atoms with van der Waals surface area (Å²) in [7, 11) is 0. The molecule has 216 valence electrons. The maximum Gasteiger partial charge on any atom is 0.303 e. The SMILES string of the molecule is C[C@@H]1O[C@@H](O[C@H]2CC[C@@]3(C)[C@H](CC[C@@H]4[C@@H]3CC[C@]3(C)[C@@H]5CC[C@]43O[C@H](O)[C@H]5CC(=O)O)C2)[C@H](O)[C@@H](N)[C@H]1O. The Hall–Kier alpha value is -0.810. The highest BCUT2D eigenvalue weighted by atomic mass is 16.7. The predicted octanol–water partition coefficient (Wildman–Crippen LogP) is 2.39. The van der Waals surface area contributed by atoms with Crippen molar-refractivity contribution in [3.8, 4) is 0 Å². The molecule has 2 aliphatic heterocycles. The Morgan fingerprint density at radius 1 is 0.974 bits per heavy atom. The number of aliphatic carboxylic acids is 1. The molecule has 0 spiro atoms. The number of ether oxygens (including phenoxy) is 3. The van der Waals surface area contributed by atoms with Crippen LogP contribution in [-0.2, 0) is 19.0 Å². The standard InChI is InChI=1S/C29H47NO8/c1-14-23(33)22(30)24(34)26(36-14)37-16-6-9-27(2)15(12-16)4-5-20-19(27)7-10-28(3)18-8-11-29(20,28)38-25(35)17(18)13-21(31)32/h14-20,22-26,33-35H,4-13,30H2,1-3H3,(H,31,32)/t14-,15+,16-,17-,18+,19-,20+,22-,23-,24+,25-,26-,27-,28+,29-/m0/s1. The Morgan fingerprint density at radius 3 is 2.45 bits per heavy atom. The number of aliphatic hydroxyl groups is 3. The molecule has 0 aromatic heterocycles. The molecule has 0 aromatic rings. The molecular weight excluding hydrogens is 490 g/mol. The van der Waals surface area contributed by atoms with E-state index in [0.717, 1.165) is 57.8 Å². The third-order valence-corrected chi connectivity index (χ3v) is 12.7. The zero-order valence-electron chi connectivity index (χ0n) is 23.0. The van der Waals surface area contributed by atoms with Gasteiger partial charge in [0.25, 0.3) is 0 Å². The second kappa shape index (κ2) is 9.36. The van der Waals surface area contributed by atoms with Gasteiger partial charge in [0.1, 0.15) is 6.10 Å². The number of nitrogens with two attached hydrogens (primary N) is 1. The van der Waals surface area contributed by atoms with Crippen LogP contribution in [0.15, 0.2) is 0 Å². The number of carboxylic acids is 1. The first-order valence-corrected chi connectivity index (χ1v) is 14.9. The van der Waals surface area contributed by atoms with Gasteiger partial charge in [-0.05, 0) is 93.8 Å². The number of hydrogen-bond donors (Lipinski definition) is 5. The van der Waals surface area contributed by atoms with Crippen molar-refractivity contribution in [2.45, 2.75) is 134 Å². The summed E-state index contributed by atoms with van der Waals surface area (Å²) in [6.45, 7) is 6.52. The van der Waals surface area contributed by atoms with E-state index in [1.807, 2.05) is 0 Å². The number of aliphatic hydroxyl groups excluding tert-OH is 3. The molecule has 9 heteroatoms. The van der Waals surface area contributed by atoms with Gasteiger partial charge >= 0.3 is 5.97 Å². The molecule has 0 radical (unpaired) electrons. The molecule has 4 saturated carbocycles. The lowest BCUT2D eigenvalue weighted by atomic mass is 9.42. The highest BCUT2D eigenvalue weighted by molar-refractivity contribution is 5.67. The van der Waals surface area contributed by atoms with Crippen molar-refractivity contribution >= 4 is 5.97 Å². The van der Waals surface area contributed by atoms with Crippen LogP contribution < -0.4 is 5.73 Å². The van der Waals surface area contributed by atoms with Crippen LogP contribution in [0.4, 0.5) is 0 Å². The zero-order valence-corrected chi connectivity index (χ0v) is 23.0. The normalized spacial score (nSPS) is 58.0. The number of carboxylic acid groups (broad SMARTS) is 1. The van der Waals surface area contributed by atoms with Gasteiger partial charge < -0.3 is 40.4 Å². The number of rotatable bonds is 4. The van der Waals surface area contributed by atoms with Crippen LogP contribution in [-0.4, -0.2) is 75.0 Å². The summed E-state index contributed by atoms with van der Waals surface area (Å²) in [5.74, 6) is 0.350. The van der Waals surface area contributed by atoms with Crippen LogP contribution in [0.1, 0.15) is 85.0 Å². The lowest BCUT2D eigenvalue weighted by Crippen LogP contribution is -2.67. The van der Waals surface area contributed by atoms with Gasteiger partial charge in [0, 0.05) is 11.3 Å². The Bertz CT molecular complexity index is 934. The first-order chi connectivity index (χ1) is 17.9. The largest absolute Gasteiger partial charge is 0.481 e. The van der Waals surface area contributed by atoms with Gasteiger partial charge in [-0.15, -0.1) is 0 Å². The quantitative estimate of drug-likeness (QED) is 0.340. The summed E-state index contributed by atoms with van der Waals surface area (Å²) in [4.78, 5) is 11.6. The summed E-state index contributed by atoms with van der Waals surface area (Å²) < 4.78 is 18.7. The fourth-order valence-electron chi connectivity index (χ4n) is 10.6. The van der Waals surface area contributed by atoms with Crippen molar-refractivity contribution in [1.82, 2.24) is 0 Å². The second-order valence-electron chi connectivity index (χ2n) is 14.1. The molecule has 6 N–H and O–H groups in total. The molecule has 6 aliphatic rings. The zero-order chi connectivity index (χ0) is 27.2. The maximum absolute atomic E-state index is 11.6. The Kier molecular flexibility index (Phi) is 6.74. The minimum absolute atomic E-state index is 0.0219. The van der Waals surface area contributed by atoms with Gasteiger partial charge in [0.15, 0.2) is 12.6 Å². The fourth-order valence-corrected chi connectivity index (χ4v) is 10.6. The van der Waals surface area contributed by atoms with Crippen LogP contribution >= 0.6 is 0 Å². The van der Waals surface area contributed by atoms with Crippen LogP contribution in [0.2, 0.25) is 0 Å². The van der Waals surface area contributed by atoms with Crippen molar-refractivity contribution < 1.29 is 39.4 Å². The number of hydrogen-bond acceptors (Lipinski definition) is 8. The monoisotopic (exact) mass is 537 g/mol. The van der Waals surface area contributed by atoms with Crippen molar-refractivity contribution in [3.05, 3.63) is 0 Å². The van der Waals surface area contributed by atoms with Crippen LogP contribution in [0.25, 0.3) is 0 Å². The molecule has 2 heterocycles. The Morgan fingerprint density at radius 2 is 1.71 bits per heavy atom. The van der Waals surface area contributed by atoms with Gasteiger partial charge in [0.05, 0.1) is 36.4 Å². The first kappa shape index (κ1) is 27.4. The average Bonchev–Trinajstić information content (AvgIpc) is 3.07. The van der Waals surface area contributed by atoms with Gasteiger partial charge in [0.2, 0.25) is 0 Å². The molecule has 6 fully saturated rings. The fraction of sp³-hybridized carbons (Fsp3) is 0.966. The Labute approximate surface area is 225 Å². The topological polar surface area (TPSA) is 152 Å². The lowest BCUT2D eigenvalue weighted by molar-refractivity contribution is -0.334. The minimum atomic E-state index is -1.06. The van der Waals surface area contributed by atoms with E-state index in [1.54, 1.807) is 6.92 Å². The predicted molar refractivity (Wildman–Crippen MR) is 136 cm³/mol. The maximum atomic E-state index is 11.6. The van der Waals surface area contributed by atoms with Crippen LogP contribution in [0.5, 0.6) is 0 Å². The first-order valence-electron chi connectivity index (χ1n) is 14.9. The molecule has 2 saturated heterocycles. The Balaban J connectivity index is 1.18. The summed E-state index contributed by atoms with van der Waals surface area (Å²) >= 11 is 0. The number of carbonyl (C=O) groups is 1. The van der Waals surface area contributed by atoms with E-state index in [4.69, 9.17) is 19.9 Å². The summed E-state index contributed by atoms with van der Waals surface area (Å²) in [6.07, 6.45) is 4.57. The van der Waals surface area contributed by atoms with Gasteiger partial charge in [-0.25, -0.2) is 0 Å². The molecule has 0 unspecified atom stereocenters. The third-order valence-electron chi connectivity index (χ3n) is 12.7. The minimum Gasteiger partial charge on any atom is -0.481 e. The van der Waals surface area contributed by atoms with Crippen molar-refractivity contribution in [2.75, 3.05) is 0 Å². The van der Waals surface area contributed by atoms with Gasteiger partial charge in [-0.1, -0.05) is 13.8 Å². The molecule has 38 heavy (non-hydrogen) atoms. The van der Waals surface area contributed by atoms with E-state index in [-0.39, 0.29) is 40.8 Å². The second-order valence-corrected chi connectivity index (χ2v) is 14.1. The average molecular weight is 538 g/mol. The van der Waals surface area contributed by atoms with Crippen molar-refractivity contribution in [3.63, 3.8) is 0 Å². The van der Waals surface area contributed by atoms with Crippen LogP contribution in [0.3, 0.4) is 0 Å². The summed E-state index contributed by atoms with van der Waals surface area (Å²) in [5, 5.41) is 41.2. The molecule has 9 nitrogen and oxygen atoms in total. The van der Waals surface area contributed by atoms with Crippen molar-refractivity contribution in [1.29, 1.82) is 0 Å². The van der Waals surface area contributed by atoms with Gasteiger partial charge in [-0.2, -0.15) is 0 Å². The van der Waals surface area contributed by atoms with E-state index in [2.05, 4.69) is 13.8 Å². The molecule has 0 amide bonds. The molecule has 2 bridgehead atoms. The van der Waals surface area contributed by atoms with E-state index in [9.17, 15) is 25.2 Å². The van der Waals surface area contributed by atoms with E-state index in [0.29, 0.717) is 17.8 Å². The molecule has 0 aromatic carbocycles. The molecule has 15 atom stereocenters. The van der Waals surface area contributed by atoms with E-state index in [1.165, 1.54) is 0 Å². The van der Waals surface area contributed by atoms with Gasteiger partial charge in [-0.3, -0.25) is 4.79 Å². The van der Waals surface area contributed by atoms with E-state index < -0.39 is 42.9 Å². The molecular formula is C29H47NO8. The third kappa shape index (κ3) is 3.79. The van der Waals surface area contributed by atoms with E-state index >= 15 is 0 Å². The molecule has 4 aliphatic carbocycles. The molecule has 6 rings (SSSR count). The van der Waals surface area contributed by atoms with Crippen molar-refractivity contribution in [2.24, 2.45) is 46.2 Å². The summed E-state index contributed by atoms with van der Waals surface area (Å²) in [5.41, 5.74) is 5.71. The smallest absolute Gasteiger partial charge is 0.303 e. The highest BCUT2D eigenvalue weighted by Gasteiger charge is 2.72. The van der Waals surface area contributed by atoms with Crippen LogP contribution in [0, 0.1) is 40.4 Å².